The molecule has 0 aliphatic heterocycles. The smallest absolute Gasteiger partial charge is 0.323 e. The average molecular weight is 274 g/mol. The zero-order chi connectivity index (χ0) is 14.5. The first-order valence-electron chi connectivity index (χ1n) is 6.41. The van der Waals surface area contributed by atoms with Crippen molar-refractivity contribution in [3.63, 3.8) is 0 Å². The molecule has 0 bridgehead atoms. The van der Waals surface area contributed by atoms with Crippen LogP contribution in [0.15, 0.2) is 24.5 Å². The van der Waals surface area contributed by atoms with Crippen molar-refractivity contribution in [2.24, 2.45) is 7.05 Å². The van der Waals surface area contributed by atoms with Gasteiger partial charge in [0.2, 0.25) is 5.95 Å². The van der Waals surface area contributed by atoms with Crippen molar-refractivity contribution >= 4 is 12.0 Å². The molecule has 106 valence electrons. The molecule has 7 nitrogen and oxygen atoms in total. The van der Waals surface area contributed by atoms with Crippen molar-refractivity contribution in [2.75, 3.05) is 12.4 Å². The van der Waals surface area contributed by atoms with Crippen molar-refractivity contribution in [2.45, 2.75) is 19.9 Å². The van der Waals surface area contributed by atoms with E-state index >= 15 is 0 Å². The number of aryl methyl sites for hydroxylation is 2. The number of nitrogens with one attached hydrogen (secondary N) is 1. The van der Waals surface area contributed by atoms with Crippen molar-refractivity contribution in [1.82, 2.24) is 24.6 Å². The Kier molecular flexibility index (Phi) is 4.29. The molecule has 20 heavy (non-hydrogen) atoms. The fraction of sp³-hybridized carbons (Fsp3) is 0.385. The Bertz CT molecular complexity index is 580. The molecule has 7 heteroatoms. The minimum absolute atomic E-state index is 0.248. The molecule has 0 unspecified atom stereocenters. The summed E-state index contributed by atoms with van der Waals surface area (Å²) in [6, 6.07) is 3.52. The fourth-order valence-electron chi connectivity index (χ4n) is 1.81. The first-order chi connectivity index (χ1) is 9.60. The van der Waals surface area contributed by atoms with Crippen molar-refractivity contribution < 1.29 is 4.79 Å². The summed E-state index contributed by atoms with van der Waals surface area (Å²) in [5, 5.41) is 6.83. The van der Waals surface area contributed by atoms with Crippen LogP contribution < -0.4 is 5.32 Å². The standard InChI is InChI=1S/C13H18N6O/c1-4-11-15-12(17-19(11)3)16-13(20)18(2)9-10-6-5-7-14-8-10/h5-8H,4,9H2,1-3H3,(H,16,17,20). The second kappa shape index (κ2) is 6.14. The van der Waals surface area contributed by atoms with Gasteiger partial charge in [0.15, 0.2) is 0 Å². The molecule has 2 aromatic rings. The van der Waals surface area contributed by atoms with Crippen LogP contribution in [0.5, 0.6) is 0 Å². The number of carbonyl (C=O) groups excluding carboxylic acids is 1. The van der Waals surface area contributed by atoms with Crippen LogP contribution in [0.4, 0.5) is 10.7 Å². The summed E-state index contributed by atoms with van der Waals surface area (Å²) < 4.78 is 1.66. The fourth-order valence-corrected chi connectivity index (χ4v) is 1.81. The molecular formula is C13H18N6O. The SMILES string of the molecule is CCc1nc(NC(=O)N(C)Cc2cccnc2)nn1C. The minimum atomic E-state index is -0.248. The van der Waals surface area contributed by atoms with Crippen LogP contribution in [0, 0.1) is 0 Å². The monoisotopic (exact) mass is 274 g/mol. The normalized spacial score (nSPS) is 10.3. The number of amides is 2. The Morgan fingerprint density at radius 1 is 1.50 bits per heavy atom. The van der Waals surface area contributed by atoms with E-state index in [4.69, 9.17) is 0 Å². The molecule has 0 radical (unpaired) electrons. The molecule has 0 aliphatic rings. The molecule has 2 rings (SSSR count). The van der Waals surface area contributed by atoms with E-state index in [9.17, 15) is 4.79 Å². The molecule has 0 spiro atoms. The Morgan fingerprint density at radius 3 is 2.90 bits per heavy atom. The van der Waals surface area contributed by atoms with Crippen molar-refractivity contribution in [3.8, 4) is 0 Å². The highest BCUT2D eigenvalue weighted by molar-refractivity contribution is 5.87. The lowest BCUT2D eigenvalue weighted by atomic mass is 10.3. The largest absolute Gasteiger partial charge is 0.324 e. The van der Waals surface area contributed by atoms with Gasteiger partial charge in [0.05, 0.1) is 0 Å². The maximum Gasteiger partial charge on any atom is 0.324 e. The number of urea groups is 1. The molecule has 0 aromatic carbocycles. The molecule has 0 atom stereocenters. The molecule has 2 heterocycles. The number of anilines is 1. The summed E-state index contributed by atoms with van der Waals surface area (Å²) >= 11 is 0. The third-order valence-corrected chi connectivity index (χ3v) is 2.88. The highest BCUT2D eigenvalue weighted by atomic mass is 16.2. The summed E-state index contributed by atoms with van der Waals surface area (Å²) in [7, 11) is 3.52. The third kappa shape index (κ3) is 3.31. The number of carbonyl (C=O) groups is 1. The number of hydrogen-bond acceptors (Lipinski definition) is 4. The Balaban J connectivity index is 1.97. The molecule has 0 aliphatic carbocycles. The summed E-state index contributed by atoms with van der Waals surface area (Å²) in [5.41, 5.74) is 0.966. The molecule has 2 aromatic heterocycles. The zero-order valence-corrected chi connectivity index (χ0v) is 11.9. The van der Waals surface area contributed by atoms with E-state index in [0.29, 0.717) is 12.5 Å². The predicted molar refractivity (Wildman–Crippen MR) is 75.1 cm³/mol. The van der Waals surface area contributed by atoms with E-state index in [-0.39, 0.29) is 6.03 Å². The zero-order valence-electron chi connectivity index (χ0n) is 11.9. The predicted octanol–water partition coefficient (Wildman–Crippen LogP) is 1.44. The average Bonchev–Trinajstić information content (AvgIpc) is 2.79. The summed E-state index contributed by atoms with van der Waals surface area (Å²) in [4.78, 5) is 21.8. The van der Waals surface area contributed by atoms with Gasteiger partial charge in [-0.2, -0.15) is 4.98 Å². The molecular weight excluding hydrogens is 256 g/mol. The summed E-state index contributed by atoms with van der Waals surface area (Å²) in [5.74, 6) is 1.16. The minimum Gasteiger partial charge on any atom is -0.323 e. The molecule has 1 N–H and O–H groups in total. The first-order valence-corrected chi connectivity index (χ1v) is 6.41. The van der Waals surface area contributed by atoms with Crippen LogP contribution in [0.3, 0.4) is 0 Å². The van der Waals surface area contributed by atoms with Gasteiger partial charge in [-0.3, -0.25) is 15.0 Å². The topological polar surface area (TPSA) is 75.9 Å². The van der Waals surface area contributed by atoms with Gasteiger partial charge in [0, 0.05) is 39.5 Å². The van der Waals surface area contributed by atoms with E-state index in [1.165, 1.54) is 0 Å². The summed E-state index contributed by atoms with van der Waals surface area (Å²) in [6.07, 6.45) is 4.20. The van der Waals surface area contributed by atoms with Crippen LogP contribution in [0.1, 0.15) is 18.3 Å². The third-order valence-electron chi connectivity index (χ3n) is 2.88. The summed E-state index contributed by atoms with van der Waals surface area (Å²) in [6.45, 7) is 2.47. The highest BCUT2D eigenvalue weighted by Gasteiger charge is 2.13. The number of nitrogens with zero attached hydrogens (tertiary/aromatic N) is 5. The van der Waals surface area contributed by atoms with Crippen LogP contribution in [0.25, 0.3) is 0 Å². The molecule has 2 amide bonds. The van der Waals surface area contributed by atoms with E-state index in [1.54, 1.807) is 36.1 Å². The number of pyridine rings is 1. The van der Waals surface area contributed by atoms with E-state index in [0.717, 1.165) is 17.8 Å². The van der Waals surface area contributed by atoms with Gasteiger partial charge in [-0.15, -0.1) is 5.10 Å². The van der Waals surface area contributed by atoms with Gasteiger partial charge in [0.25, 0.3) is 0 Å². The van der Waals surface area contributed by atoms with Crippen LogP contribution >= 0.6 is 0 Å². The van der Waals surface area contributed by atoms with Gasteiger partial charge in [-0.05, 0) is 11.6 Å². The van der Waals surface area contributed by atoms with Crippen LogP contribution in [-0.4, -0.2) is 37.7 Å². The van der Waals surface area contributed by atoms with Crippen LogP contribution in [-0.2, 0) is 20.0 Å². The van der Waals surface area contributed by atoms with Crippen molar-refractivity contribution in [3.05, 3.63) is 35.9 Å². The van der Waals surface area contributed by atoms with E-state index in [1.807, 2.05) is 19.1 Å². The molecule has 0 saturated carbocycles. The lowest BCUT2D eigenvalue weighted by molar-refractivity contribution is 0.220. The number of rotatable bonds is 4. The second-order valence-electron chi connectivity index (χ2n) is 4.48. The quantitative estimate of drug-likeness (QED) is 0.915. The Morgan fingerprint density at radius 2 is 2.30 bits per heavy atom. The number of aromatic nitrogens is 4. The molecule has 0 saturated heterocycles. The number of hydrogen-bond donors (Lipinski definition) is 1. The maximum absolute atomic E-state index is 12.0. The van der Waals surface area contributed by atoms with Gasteiger partial charge >= 0.3 is 6.03 Å². The van der Waals surface area contributed by atoms with Crippen molar-refractivity contribution in [1.29, 1.82) is 0 Å². The first kappa shape index (κ1) is 14.0. The lowest BCUT2D eigenvalue weighted by Crippen LogP contribution is -2.31. The Hall–Kier alpha value is -2.44. The lowest BCUT2D eigenvalue weighted by Gasteiger charge is -2.16. The van der Waals surface area contributed by atoms with E-state index < -0.39 is 0 Å². The van der Waals surface area contributed by atoms with Crippen LogP contribution in [0.2, 0.25) is 0 Å². The maximum atomic E-state index is 12.0. The highest BCUT2D eigenvalue weighted by Crippen LogP contribution is 2.06. The van der Waals surface area contributed by atoms with E-state index in [2.05, 4.69) is 20.4 Å². The van der Waals surface area contributed by atoms with Gasteiger partial charge < -0.3 is 4.90 Å². The molecule has 0 fully saturated rings. The van der Waals surface area contributed by atoms with Gasteiger partial charge in [-0.1, -0.05) is 13.0 Å². The van der Waals surface area contributed by atoms with Gasteiger partial charge in [-0.25, -0.2) is 4.79 Å². The van der Waals surface area contributed by atoms with Gasteiger partial charge in [0.1, 0.15) is 5.82 Å². The second-order valence-corrected chi connectivity index (χ2v) is 4.48. The Labute approximate surface area is 117 Å².